The minimum atomic E-state index is -3.67. The van der Waals surface area contributed by atoms with Crippen molar-refractivity contribution in [3.05, 3.63) is 65.7 Å². The Morgan fingerprint density at radius 2 is 1.77 bits per heavy atom. The van der Waals surface area contributed by atoms with E-state index in [1.807, 2.05) is 49.4 Å². The van der Waals surface area contributed by atoms with Gasteiger partial charge in [-0.3, -0.25) is 4.79 Å². The summed E-state index contributed by atoms with van der Waals surface area (Å²) >= 11 is 0. The molecule has 1 N–H and O–H groups in total. The van der Waals surface area contributed by atoms with Crippen LogP contribution in [0.4, 0.5) is 0 Å². The highest BCUT2D eigenvalue weighted by molar-refractivity contribution is 7.89. The summed E-state index contributed by atoms with van der Waals surface area (Å²) in [5.74, 6) is -0.236. The normalized spacial score (nSPS) is 18.0. The summed E-state index contributed by atoms with van der Waals surface area (Å²) in [5.41, 5.74) is 2.07. The van der Waals surface area contributed by atoms with Gasteiger partial charge in [-0.1, -0.05) is 49.4 Å². The number of rotatable bonds is 6. The molecule has 5 nitrogen and oxygen atoms in total. The zero-order valence-corrected chi connectivity index (χ0v) is 15.7. The van der Waals surface area contributed by atoms with Crippen molar-refractivity contribution in [2.24, 2.45) is 0 Å². The largest absolute Gasteiger partial charge is 0.351 e. The Kier molecular flexibility index (Phi) is 5.74. The van der Waals surface area contributed by atoms with Crippen molar-refractivity contribution < 1.29 is 13.2 Å². The zero-order chi connectivity index (χ0) is 18.6. The van der Waals surface area contributed by atoms with Crippen LogP contribution in [-0.2, 0) is 27.8 Å². The van der Waals surface area contributed by atoms with Crippen LogP contribution in [0.5, 0.6) is 0 Å². The maximum absolute atomic E-state index is 13.0. The Hall–Kier alpha value is -2.18. The monoisotopic (exact) mass is 372 g/mol. The van der Waals surface area contributed by atoms with E-state index in [-0.39, 0.29) is 10.8 Å². The lowest BCUT2D eigenvalue weighted by Crippen LogP contribution is -2.45. The van der Waals surface area contributed by atoms with E-state index in [4.69, 9.17) is 0 Å². The number of carbonyl (C=O) groups excluding carboxylic acids is 1. The number of carbonyl (C=O) groups is 1. The summed E-state index contributed by atoms with van der Waals surface area (Å²) in [7, 11) is -3.67. The van der Waals surface area contributed by atoms with Gasteiger partial charge >= 0.3 is 0 Å². The first-order valence-electron chi connectivity index (χ1n) is 8.95. The zero-order valence-electron chi connectivity index (χ0n) is 14.9. The lowest BCUT2D eigenvalue weighted by Gasteiger charge is -2.23. The molecule has 1 aliphatic rings. The average molecular weight is 372 g/mol. The Morgan fingerprint density at radius 3 is 2.42 bits per heavy atom. The van der Waals surface area contributed by atoms with Crippen LogP contribution in [0.15, 0.2) is 59.5 Å². The third-order valence-electron chi connectivity index (χ3n) is 4.75. The topological polar surface area (TPSA) is 66.5 Å². The summed E-state index contributed by atoms with van der Waals surface area (Å²) < 4.78 is 27.3. The van der Waals surface area contributed by atoms with Crippen molar-refractivity contribution in [1.29, 1.82) is 0 Å². The van der Waals surface area contributed by atoms with Crippen LogP contribution >= 0.6 is 0 Å². The van der Waals surface area contributed by atoms with Crippen molar-refractivity contribution in [1.82, 2.24) is 9.62 Å². The molecule has 2 aromatic rings. The highest BCUT2D eigenvalue weighted by Crippen LogP contribution is 2.26. The van der Waals surface area contributed by atoms with Crippen molar-refractivity contribution in [3.63, 3.8) is 0 Å². The molecule has 0 aliphatic carbocycles. The molecule has 1 heterocycles. The summed E-state index contributed by atoms with van der Waals surface area (Å²) in [6.45, 7) is 2.80. The van der Waals surface area contributed by atoms with Gasteiger partial charge in [-0.25, -0.2) is 8.42 Å². The summed E-state index contributed by atoms with van der Waals surface area (Å²) in [5, 5.41) is 2.87. The van der Waals surface area contributed by atoms with Crippen molar-refractivity contribution in [2.45, 2.75) is 43.7 Å². The number of nitrogens with one attached hydrogen (secondary N) is 1. The third-order valence-corrected chi connectivity index (χ3v) is 6.68. The van der Waals surface area contributed by atoms with Gasteiger partial charge in [0.2, 0.25) is 15.9 Å². The first kappa shape index (κ1) is 18.6. The van der Waals surface area contributed by atoms with E-state index in [0.717, 1.165) is 17.5 Å². The van der Waals surface area contributed by atoms with E-state index < -0.39 is 16.1 Å². The third kappa shape index (κ3) is 3.97. The van der Waals surface area contributed by atoms with Gasteiger partial charge in [-0.05, 0) is 42.5 Å². The minimum Gasteiger partial charge on any atom is -0.351 e. The smallest absolute Gasteiger partial charge is 0.243 e. The molecule has 0 saturated carbocycles. The highest BCUT2D eigenvalue weighted by Gasteiger charge is 2.39. The molecule has 6 heteroatoms. The number of amides is 1. The fourth-order valence-electron chi connectivity index (χ4n) is 3.23. The number of hydrogen-bond donors (Lipinski definition) is 1. The predicted octanol–water partition coefficient (Wildman–Crippen LogP) is 2.72. The van der Waals surface area contributed by atoms with Crippen LogP contribution in [-0.4, -0.2) is 31.2 Å². The fraction of sp³-hybridized carbons (Fsp3) is 0.350. The second-order valence-corrected chi connectivity index (χ2v) is 8.37. The van der Waals surface area contributed by atoms with Crippen LogP contribution in [0, 0.1) is 0 Å². The summed E-state index contributed by atoms with van der Waals surface area (Å²) in [6.07, 6.45) is 2.09. The Morgan fingerprint density at radius 1 is 1.08 bits per heavy atom. The molecule has 1 fully saturated rings. The van der Waals surface area contributed by atoms with Gasteiger partial charge in [0, 0.05) is 13.1 Å². The number of benzene rings is 2. The quantitative estimate of drug-likeness (QED) is 0.848. The number of hydrogen-bond acceptors (Lipinski definition) is 3. The molecule has 2 aromatic carbocycles. The molecule has 0 aromatic heterocycles. The van der Waals surface area contributed by atoms with E-state index in [0.29, 0.717) is 25.9 Å². The van der Waals surface area contributed by atoms with E-state index >= 15 is 0 Å². The second-order valence-electron chi connectivity index (χ2n) is 6.47. The molecule has 138 valence electrons. The molecule has 0 spiro atoms. The van der Waals surface area contributed by atoms with Crippen LogP contribution in [0.2, 0.25) is 0 Å². The van der Waals surface area contributed by atoms with Gasteiger partial charge in [0.15, 0.2) is 0 Å². The molecule has 0 radical (unpaired) electrons. The van der Waals surface area contributed by atoms with Gasteiger partial charge in [0.25, 0.3) is 0 Å². The lowest BCUT2D eigenvalue weighted by atomic mass is 10.2. The molecular formula is C20H24N2O3S. The van der Waals surface area contributed by atoms with Gasteiger partial charge in [-0.2, -0.15) is 4.31 Å². The van der Waals surface area contributed by atoms with E-state index in [9.17, 15) is 13.2 Å². The second kappa shape index (κ2) is 8.01. The van der Waals surface area contributed by atoms with E-state index in [2.05, 4.69) is 5.32 Å². The summed E-state index contributed by atoms with van der Waals surface area (Å²) in [6, 6.07) is 15.9. The maximum atomic E-state index is 13.0. The minimum absolute atomic E-state index is 0.236. The Bertz CT molecular complexity index is 848. The van der Waals surface area contributed by atoms with Crippen LogP contribution < -0.4 is 5.32 Å². The predicted molar refractivity (Wildman–Crippen MR) is 101 cm³/mol. The Labute approximate surface area is 155 Å². The first-order chi connectivity index (χ1) is 12.5. The molecule has 1 saturated heterocycles. The number of aryl methyl sites for hydroxylation is 1. The maximum Gasteiger partial charge on any atom is 0.243 e. The average Bonchev–Trinajstić information content (AvgIpc) is 3.18. The van der Waals surface area contributed by atoms with Gasteiger partial charge < -0.3 is 5.32 Å². The fourth-order valence-corrected chi connectivity index (χ4v) is 4.88. The molecule has 0 bridgehead atoms. The molecule has 26 heavy (non-hydrogen) atoms. The summed E-state index contributed by atoms with van der Waals surface area (Å²) in [4.78, 5) is 12.8. The molecule has 3 rings (SSSR count). The molecule has 1 amide bonds. The van der Waals surface area contributed by atoms with Crippen LogP contribution in [0.1, 0.15) is 30.9 Å². The van der Waals surface area contributed by atoms with Crippen LogP contribution in [0.25, 0.3) is 0 Å². The molecule has 1 atom stereocenters. The number of nitrogens with zero attached hydrogens (tertiary/aromatic N) is 1. The van der Waals surface area contributed by atoms with Crippen LogP contribution in [0.3, 0.4) is 0 Å². The van der Waals surface area contributed by atoms with Crippen molar-refractivity contribution in [2.75, 3.05) is 6.54 Å². The van der Waals surface area contributed by atoms with Gasteiger partial charge in [0.05, 0.1) is 4.90 Å². The number of sulfonamides is 1. The van der Waals surface area contributed by atoms with E-state index in [1.54, 1.807) is 12.1 Å². The first-order valence-corrected chi connectivity index (χ1v) is 10.4. The molecule has 1 aliphatic heterocycles. The Balaban J connectivity index is 1.72. The standard InChI is InChI=1S/C20H24N2O3S/c1-2-16-10-12-18(13-11-16)26(24,25)22-14-6-9-19(22)20(23)21-15-17-7-4-3-5-8-17/h3-5,7-8,10-13,19H,2,6,9,14-15H2,1H3,(H,21,23)/t19-/m1/s1. The lowest BCUT2D eigenvalue weighted by molar-refractivity contribution is -0.124. The highest BCUT2D eigenvalue weighted by atomic mass is 32.2. The van der Waals surface area contributed by atoms with Crippen molar-refractivity contribution in [3.8, 4) is 0 Å². The molecular weight excluding hydrogens is 348 g/mol. The SMILES string of the molecule is CCc1ccc(S(=O)(=O)N2CCC[C@@H]2C(=O)NCc2ccccc2)cc1. The van der Waals surface area contributed by atoms with Gasteiger partial charge in [-0.15, -0.1) is 0 Å². The van der Waals surface area contributed by atoms with E-state index in [1.165, 1.54) is 4.31 Å². The molecule has 0 unspecified atom stereocenters. The van der Waals surface area contributed by atoms with Gasteiger partial charge in [0.1, 0.15) is 6.04 Å². The van der Waals surface area contributed by atoms with Crippen molar-refractivity contribution >= 4 is 15.9 Å².